The van der Waals surface area contributed by atoms with E-state index in [1.807, 2.05) is 0 Å². The highest BCUT2D eigenvalue weighted by atomic mass is 19.3. The van der Waals surface area contributed by atoms with Gasteiger partial charge in [0.15, 0.2) is 5.75 Å². The second-order valence-corrected chi connectivity index (χ2v) is 2.79. The van der Waals surface area contributed by atoms with Crippen molar-refractivity contribution in [1.82, 2.24) is 4.98 Å². The number of methoxy groups -OCH3 is 2. The number of anilines is 1. The zero-order valence-electron chi connectivity index (χ0n) is 8.66. The number of aromatic nitrogens is 1. The molecule has 0 aliphatic heterocycles. The first-order valence-corrected chi connectivity index (χ1v) is 4.21. The maximum atomic E-state index is 12.7. The van der Waals surface area contributed by atoms with E-state index in [9.17, 15) is 13.6 Å². The maximum absolute atomic E-state index is 12.7. The third-order valence-electron chi connectivity index (χ3n) is 1.94. The van der Waals surface area contributed by atoms with E-state index in [4.69, 9.17) is 10.5 Å². The van der Waals surface area contributed by atoms with E-state index in [-0.39, 0.29) is 5.75 Å². The zero-order valence-corrected chi connectivity index (χ0v) is 8.66. The summed E-state index contributed by atoms with van der Waals surface area (Å²) in [5.41, 5.74) is 4.21. The summed E-state index contributed by atoms with van der Waals surface area (Å²) in [6.07, 6.45) is -1.84. The first kappa shape index (κ1) is 12.2. The number of esters is 1. The Morgan fingerprint density at radius 2 is 2.12 bits per heavy atom. The molecule has 5 nitrogen and oxygen atoms in total. The zero-order chi connectivity index (χ0) is 12.3. The molecule has 0 aliphatic carbocycles. The number of ether oxygens (including phenoxy) is 2. The van der Waals surface area contributed by atoms with Crippen LogP contribution in [0.3, 0.4) is 0 Å². The molecule has 0 atom stereocenters. The minimum atomic E-state index is -2.93. The summed E-state index contributed by atoms with van der Waals surface area (Å²) in [6, 6.07) is 0. The van der Waals surface area contributed by atoms with Crippen LogP contribution in [0.5, 0.6) is 5.75 Å². The highest BCUT2D eigenvalue weighted by Gasteiger charge is 2.27. The van der Waals surface area contributed by atoms with Crippen molar-refractivity contribution in [2.75, 3.05) is 20.0 Å². The number of halogens is 2. The molecule has 0 bridgehead atoms. The van der Waals surface area contributed by atoms with Crippen LogP contribution in [0.25, 0.3) is 0 Å². The van der Waals surface area contributed by atoms with Crippen LogP contribution >= 0.6 is 0 Å². The summed E-state index contributed by atoms with van der Waals surface area (Å²) in [4.78, 5) is 14.9. The van der Waals surface area contributed by atoms with Crippen molar-refractivity contribution >= 4 is 11.8 Å². The number of nitrogen functional groups attached to an aromatic ring is 1. The molecule has 0 unspecified atom stereocenters. The third kappa shape index (κ3) is 2.02. The smallest absolute Gasteiger partial charge is 0.342 e. The predicted octanol–water partition coefficient (Wildman–Crippen LogP) is 1.40. The lowest BCUT2D eigenvalue weighted by Gasteiger charge is -2.12. The van der Waals surface area contributed by atoms with Crippen molar-refractivity contribution in [2.24, 2.45) is 0 Å². The van der Waals surface area contributed by atoms with Crippen LogP contribution in [0.4, 0.5) is 14.6 Å². The highest BCUT2D eigenvalue weighted by molar-refractivity contribution is 5.95. The van der Waals surface area contributed by atoms with Crippen LogP contribution in [0.15, 0.2) is 6.20 Å². The second kappa shape index (κ2) is 4.73. The highest BCUT2D eigenvalue weighted by Crippen LogP contribution is 2.33. The van der Waals surface area contributed by atoms with Crippen molar-refractivity contribution in [3.8, 4) is 5.75 Å². The summed E-state index contributed by atoms with van der Waals surface area (Å²) in [5, 5.41) is 0. The summed E-state index contributed by atoms with van der Waals surface area (Å²) < 4.78 is 34.6. The monoisotopic (exact) mass is 232 g/mol. The minimum Gasteiger partial charge on any atom is -0.494 e. The average Bonchev–Trinajstić information content (AvgIpc) is 2.27. The molecule has 0 fully saturated rings. The topological polar surface area (TPSA) is 74.4 Å². The van der Waals surface area contributed by atoms with Gasteiger partial charge in [0.05, 0.1) is 26.0 Å². The molecule has 16 heavy (non-hydrogen) atoms. The molecule has 0 radical (unpaired) electrons. The van der Waals surface area contributed by atoms with E-state index < -0.39 is 29.3 Å². The molecule has 0 aliphatic rings. The van der Waals surface area contributed by atoms with Gasteiger partial charge in [-0.3, -0.25) is 0 Å². The van der Waals surface area contributed by atoms with E-state index in [1.165, 1.54) is 7.11 Å². The Bertz CT molecular complexity index is 410. The maximum Gasteiger partial charge on any atom is 0.342 e. The molecule has 2 N–H and O–H groups in total. The van der Waals surface area contributed by atoms with Gasteiger partial charge in [-0.25, -0.2) is 18.6 Å². The number of alkyl halides is 2. The second-order valence-electron chi connectivity index (χ2n) is 2.79. The molecule has 88 valence electrons. The average molecular weight is 232 g/mol. The Hall–Kier alpha value is -1.92. The fraction of sp³-hybridized carbons (Fsp3) is 0.333. The minimum absolute atomic E-state index is 0.101. The van der Waals surface area contributed by atoms with Gasteiger partial charge in [0, 0.05) is 0 Å². The van der Waals surface area contributed by atoms with Crippen molar-refractivity contribution in [2.45, 2.75) is 6.43 Å². The molecule has 0 saturated carbocycles. The van der Waals surface area contributed by atoms with Gasteiger partial charge in [-0.2, -0.15) is 0 Å². The largest absolute Gasteiger partial charge is 0.494 e. The number of hydrogen-bond acceptors (Lipinski definition) is 5. The SMILES string of the molecule is COC(=O)c1c(OC)cnc(N)c1C(F)F. The molecule has 1 rings (SSSR count). The van der Waals surface area contributed by atoms with Crippen molar-refractivity contribution < 1.29 is 23.0 Å². The Kier molecular flexibility index (Phi) is 3.60. The van der Waals surface area contributed by atoms with Gasteiger partial charge >= 0.3 is 5.97 Å². The molecular formula is C9H10F2N2O3. The number of hydrogen-bond donors (Lipinski definition) is 1. The Labute approximate surface area is 90.2 Å². The van der Waals surface area contributed by atoms with E-state index in [1.54, 1.807) is 0 Å². The number of rotatable bonds is 3. The van der Waals surface area contributed by atoms with Crippen LogP contribution < -0.4 is 10.5 Å². The molecular weight excluding hydrogens is 222 g/mol. The van der Waals surface area contributed by atoms with Crippen molar-refractivity contribution in [3.05, 3.63) is 17.3 Å². The first-order valence-electron chi connectivity index (χ1n) is 4.21. The molecule has 0 saturated heterocycles. The Morgan fingerprint density at radius 3 is 2.56 bits per heavy atom. The molecule has 1 heterocycles. The molecule has 0 amide bonds. The van der Waals surface area contributed by atoms with Gasteiger partial charge in [0.25, 0.3) is 6.43 Å². The number of pyridine rings is 1. The van der Waals surface area contributed by atoms with Crippen LogP contribution in [-0.4, -0.2) is 25.2 Å². The van der Waals surface area contributed by atoms with Crippen molar-refractivity contribution in [3.63, 3.8) is 0 Å². The third-order valence-corrected chi connectivity index (χ3v) is 1.94. The van der Waals surface area contributed by atoms with E-state index in [2.05, 4.69) is 9.72 Å². The van der Waals surface area contributed by atoms with E-state index >= 15 is 0 Å². The molecule has 0 spiro atoms. The summed E-state index contributed by atoms with van der Waals surface area (Å²) in [5.74, 6) is -1.46. The Morgan fingerprint density at radius 1 is 1.50 bits per heavy atom. The van der Waals surface area contributed by atoms with Gasteiger partial charge in [0.2, 0.25) is 0 Å². The van der Waals surface area contributed by atoms with Crippen LogP contribution in [-0.2, 0) is 4.74 Å². The van der Waals surface area contributed by atoms with E-state index in [0.717, 1.165) is 13.3 Å². The molecule has 1 aromatic rings. The standard InChI is InChI=1S/C9H10F2N2O3/c1-15-4-3-13-8(12)6(7(10)11)5(4)9(14)16-2/h3,7H,1-2H3,(H2,12,13). The van der Waals surface area contributed by atoms with Crippen LogP contribution in [0.1, 0.15) is 22.3 Å². The number of carbonyl (C=O) groups excluding carboxylic acids is 1. The van der Waals surface area contributed by atoms with Gasteiger partial charge < -0.3 is 15.2 Å². The normalized spacial score (nSPS) is 10.3. The quantitative estimate of drug-likeness (QED) is 0.797. The molecule has 1 aromatic heterocycles. The predicted molar refractivity (Wildman–Crippen MR) is 51.5 cm³/mol. The molecule has 7 heteroatoms. The fourth-order valence-electron chi connectivity index (χ4n) is 1.21. The summed E-state index contributed by atoms with van der Waals surface area (Å²) in [6.45, 7) is 0. The van der Waals surface area contributed by atoms with Gasteiger partial charge in [0.1, 0.15) is 11.4 Å². The number of nitrogens with two attached hydrogens (primary N) is 1. The van der Waals surface area contributed by atoms with Crippen LogP contribution in [0, 0.1) is 0 Å². The number of carbonyl (C=O) groups is 1. The van der Waals surface area contributed by atoms with E-state index in [0.29, 0.717) is 0 Å². The van der Waals surface area contributed by atoms with Crippen molar-refractivity contribution in [1.29, 1.82) is 0 Å². The number of nitrogens with zero attached hydrogens (tertiary/aromatic N) is 1. The fourth-order valence-corrected chi connectivity index (χ4v) is 1.21. The summed E-state index contributed by atoms with van der Waals surface area (Å²) >= 11 is 0. The summed E-state index contributed by atoms with van der Waals surface area (Å²) in [7, 11) is 2.31. The lowest BCUT2D eigenvalue weighted by atomic mass is 10.1. The Balaban J connectivity index is 3.48. The lowest BCUT2D eigenvalue weighted by Crippen LogP contribution is -2.12. The van der Waals surface area contributed by atoms with Gasteiger partial charge in [-0.05, 0) is 0 Å². The van der Waals surface area contributed by atoms with Crippen LogP contribution in [0.2, 0.25) is 0 Å². The van der Waals surface area contributed by atoms with Gasteiger partial charge in [-0.15, -0.1) is 0 Å². The van der Waals surface area contributed by atoms with Gasteiger partial charge in [-0.1, -0.05) is 0 Å². The first-order chi connectivity index (χ1) is 7.52. The lowest BCUT2D eigenvalue weighted by molar-refractivity contribution is 0.0585. The molecule has 0 aromatic carbocycles.